The highest BCUT2D eigenvalue weighted by atomic mass is 79.9. The van der Waals surface area contributed by atoms with Crippen LogP contribution in [0.1, 0.15) is 12.0 Å². The fourth-order valence-electron chi connectivity index (χ4n) is 2.73. The summed E-state index contributed by atoms with van der Waals surface area (Å²) < 4.78 is 14.6. The van der Waals surface area contributed by atoms with E-state index in [9.17, 15) is 14.0 Å². The molecule has 1 saturated heterocycles. The highest BCUT2D eigenvalue weighted by Crippen LogP contribution is 2.29. The Bertz CT molecular complexity index is 809. The van der Waals surface area contributed by atoms with Crippen LogP contribution >= 0.6 is 15.9 Å². The van der Waals surface area contributed by atoms with Crippen molar-refractivity contribution in [3.8, 4) is 0 Å². The number of carbonyl (C=O) groups excluding carboxylic acids is 2. The minimum atomic E-state index is -0.499. The van der Waals surface area contributed by atoms with Gasteiger partial charge in [0.15, 0.2) is 0 Å². The number of anilines is 2. The quantitative estimate of drug-likeness (QED) is 0.863. The van der Waals surface area contributed by atoms with E-state index in [1.165, 1.54) is 12.1 Å². The Morgan fingerprint density at radius 1 is 1.29 bits per heavy atom. The van der Waals surface area contributed by atoms with E-state index in [0.717, 1.165) is 15.7 Å². The van der Waals surface area contributed by atoms with Gasteiger partial charge in [0.2, 0.25) is 11.8 Å². The summed E-state index contributed by atoms with van der Waals surface area (Å²) in [4.78, 5) is 26.2. The normalized spacial score (nSPS) is 17.2. The van der Waals surface area contributed by atoms with Crippen LogP contribution < -0.4 is 10.2 Å². The summed E-state index contributed by atoms with van der Waals surface area (Å²) in [5.74, 6) is -1.44. The Hall–Kier alpha value is -2.21. The summed E-state index contributed by atoms with van der Waals surface area (Å²) >= 11 is 3.43. The maximum Gasteiger partial charge on any atom is 0.229 e. The summed E-state index contributed by atoms with van der Waals surface area (Å²) in [5, 5.41) is 2.56. The number of benzene rings is 2. The van der Waals surface area contributed by atoms with Crippen LogP contribution in [0.15, 0.2) is 46.9 Å². The van der Waals surface area contributed by atoms with E-state index in [1.54, 1.807) is 17.0 Å². The standard InChI is InChI=1S/C18H16BrFN2O2/c1-11-8-13(6-7-14(11)19)22-10-12(9-17(22)23)18(24)21-16-5-3-2-4-15(16)20/h2-8,12H,9-10H2,1H3,(H,21,24). The van der Waals surface area contributed by atoms with Crippen LogP contribution in [0.4, 0.5) is 15.8 Å². The highest BCUT2D eigenvalue weighted by molar-refractivity contribution is 9.10. The molecule has 6 heteroatoms. The maximum atomic E-state index is 13.6. The Kier molecular flexibility index (Phi) is 4.66. The lowest BCUT2D eigenvalue weighted by atomic mass is 10.1. The lowest BCUT2D eigenvalue weighted by molar-refractivity contribution is -0.122. The zero-order chi connectivity index (χ0) is 17.3. The second kappa shape index (κ2) is 6.73. The third kappa shape index (κ3) is 3.33. The summed E-state index contributed by atoms with van der Waals surface area (Å²) in [6.07, 6.45) is 0.120. The van der Waals surface area contributed by atoms with Crippen LogP contribution in [-0.4, -0.2) is 18.4 Å². The first-order chi connectivity index (χ1) is 11.5. The minimum absolute atomic E-state index is 0.106. The van der Waals surface area contributed by atoms with Gasteiger partial charge in [-0.3, -0.25) is 9.59 Å². The molecule has 0 bridgehead atoms. The molecule has 1 N–H and O–H groups in total. The number of rotatable bonds is 3. The number of nitrogens with zero attached hydrogens (tertiary/aromatic N) is 1. The molecule has 2 aromatic rings. The van der Waals surface area contributed by atoms with E-state index in [-0.39, 0.29) is 23.9 Å². The van der Waals surface area contributed by atoms with E-state index in [0.29, 0.717) is 6.54 Å². The van der Waals surface area contributed by atoms with E-state index >= 15 is 0 Å². The number of hydrogen-bond acceptors (Lipinski definition) is 2. The predicted octanol–water partition coefficient (Wildman–Crippen LogP) is 3.89. The molecule has 2 aromatic carbocycles. The molecule has 1 aliphatic rings. The average molecular weight is 391 g/mol. The molecule has 0 spiro atoms. The maximum absolute atomic E-state index is 13.6. The van der Waals surface area contributed by atoms with Gasteiger partial charge in [0.05, 0.1) is 11.6 Å². The first kappa shape index (κ1) is 16.6. The average Bonchev–Trinajstić information content (AvgIpc) is 2.94. The number of halogens is 2. The topological polar surface area (TPSA) is 49.4 Å². The Labute approximate surface area is 147 Å². The van der Waals surface area contributed by atoms with Crippen LogP contribution in [-0.2, 0) is 9.59 Å². The van der Waals surface area contributed by atoms with Crippen LogP contribution in [0.3, 0.4) is 0 Å². The van der Waals surface area contributed by atoms with Crippen molar-refractivity contribution in [2.24, 2.45) is 5.92 Å². The molecule has 1 fully saturated rings. The third-order valence-electron chi connectivity index (χ3n) is 4.08. The minimum Gasteiger partial charge on any atom is -0.323 e. The van der Waals surface area contributed by atoms with Gasteiger partial charge in [0.1, 0.15) is 5.82 Å². The number of hydrogen-bond donors (Lipinski definition) is 1. The second-order valence-corrected chi connectivity index (χ2v) is 6.66. The van der Waals surface area contributed by atoms with Crippen LogP contribution in [0.5, 0.6) is 0 Å². The fourth-order valence-corrected chi connectivity index (χ4v) is 2.97. The molecule has 2 amide bonds. The molecule has 1 aliphatic heterocycles. The van der Waals surface area contributed by atoms with Crippen LogP contribution in [0.2, 0.25) is 0 Å². The van der Waals surface area contributed by atoms with E-state index in [2.05, 4.69) is 21.2 Å². The highest BCUT2D eigenvalue weighted by Gasteiger charge is 2.35. The SMILES string of the molecule is Cc1cc(N2CC(C(=O)Nc3ccccc3F)CC2=O)ccc1Br. The van der Waals surface area contributed by atoms with Crippen LogP contribution in [0, 0.1) is 18.7 Å². The van der Waals surface area contributed by atoms with Crippen molar-refractivity contribution in [1.29, 1.82) is 0 Å². The Balaban J connectivity index is 1.73. The monoisotopic (exact) mass is 390 g/mol. The molecule has 124 valence electrons. The lowest BCUT2D eigenvalue weighted by Gasteiger charge is -2.18. The van der Waals surface area contributed by atoms with Crippen molar-refractivity contribution in [2.75, 3.05) is 16.8 Å². The molecule has 24 heavy (non-hydrogen) atoms. The van der Waals surface area contributed by atoms with Crippen molar-refractivity contribution in [3.05, 3.63) is 58.3 Å². The van der Waals surface area contributed by atoms with Gasteiger partial charge in [-0.15, -0.1) is 0 Å². The van der Waals surface area contributed by atoms with Crippen molar-refractivity contribution < 1.29 is 14.0 Å². The van der Waals surface area contributed by atoms with Gasteiger partial charge >= 0.3 is 0 Å². The smallest absolute Gasteiger partial charge is 0.229 e. The molecule has 0 saturated carbocycles. The second-order valence-electron chi connectivity index (χ2n) is 5.81. The van der Waals surface area contributed by atoms with Gasteiger partial charge in [-0.05, 0) is 42.8 Å². The van der Waals surface area contributed by atoms with Gasteiger partial charge in [-0.1, -0.05) is 28.1 Å². The number of aryl methyl sites for hydroxylation is 1. The Morgan fingerprint density at radius 3 is 2.75 bits per heavy atom. The summed E-state index contributed by atoms with van der Waals surface area (Å²) in [6, 6.07) is 11.6. The number of carbonyl (C=O) groups is 2. The molecular formula is C18H16BrFN2O2. The lowest BCUT2D eigenvalue weighted by Crippen LogP contribution is -2.28. The van der Waals surface area contributed by atoms with Gasteiger partial charge in [0.25, 0.3) is 0 Å². The number of amides is 2. The van der Waals surface area contributed by atoms with Gasteiger partial charge in [-0.25, -0.2) is 4.39 Å². The predicted molar refractivity (Wildman–Crippen MR) is 94.4 cm³/mol. The van der Waals surface area contributed by atoms with Gasteiger partial charge < -0.3 is 10.2 Å². The van der Waals surface area contributed by atoms with Gasteiger partial charge in [-0.2, -0.15) is 0 Å². The molecular weight excluding hydrogens is 375 g/mol. The van der Waals surface area contributed by atoms with Crippen molar-refractivity contribution >= 4 is 39.1 Å². The number of para-hydroxylation sites is 1. The third-order valence-corrected chi connectivity index (χ3v) is 4.97. The first-order valence-corrected chi connectivity index (χ1v) is 8.37. The molecule has 0 radical (unpaired) electrons. The molecule has 3 rings (SSSR count). The summed E-state index contributed by atoms with van der Waals surface area (Å²) in [5.41, 5.74) is 1.91. The zero-order valence-electron chi connectivity index (χ0n) is 13.1. The van der Waals surface area contributed by atoms with E-state index in [1.807, 2.05) is 25.1 Å². The first-order valence-electron chi connectivity index (χ1n) is 7.57. The largest absolute Gasteiger partial charge is 0.323 e. The van der Waals surface area contributed by atoms with Gasteiger partial charge in [0, 0.05) is 23.1 Å². The van der Waals surface area contributed by atoms with Crippen LogP contribution in [0.25, 0.3) is 0 Å². The summed E-state index contributed by atoms with van der Waals surface area (Å²) in [6.45, 7) is 2.23. The van der Waals surface area contributed by atoms with Crippen molar-refractivity contribution in [3.63, 3.8) is 0 Å². The molecule has 4 nitrogen and oxygen atoms in total. The van der Waals surface area contributed by atoms with E-state index in [4.69, 9.17) is 0 Å². The molecule has 1 unspecified atom stereocenters. The number of nitrogens with one attached hydrogen (secondary N) is 1. The molecule has 0 aromatic heterocycles. The Morgan fingerprint density at radius 2 is 2.04 bits per heavy atom. The van der Waals surface area contributed by atoms with Crippen molar-refractivity contribution in [1.82, 2.24) is 0 Å². The van der Waals surface area contributed by atoms with Crippen molar-refractivity contribution in [2.45, 2.75) is 13.3 Å². The molecule has 0 aliphatic carbocycles. The molecule has 1 atom stereocenters. The fraction of sp³-hybridized carbons (Fsp3) is 0.222. The van der Waals surface area contributed by atoms with E-state index < -0.39 is 11.7 Å². The summed E-state index contributed by atoms with van der Waals surface area (Å²) in [7, 11) is 0. The molecule has 1 heterocycles. The zero-order valence-corrected chi connectivity index (χ0v) is 14.6.